The van der Waals surface area contributed by atoms with Crippen LogP contribution in [0.5, 0.6) is 5.75 Å². The number of fused-ring (bicyclic) bond motifs is 1. The molecule has 1 aliphatic heterocycles. The number of ether oxygens (including phenoxy) is 1. The van der Waals surface area contributed by atoms with Crippen molar-refractivity contribution >= 4 is 27.3 Å². The Bertz CT molecular complexity index is 606. The van der Waals surface area contributed by atoms with Crippen molar-refractivity contribution in [2.75, 3.05) is 0 Å². The Balaban J connectivity index is 1.94. The Kier molecular flexibility index (Phi) is 3.37. The summed E-state index contributed by atoms with van der Waals surface area (Å²) >= 11 is 5.13. The van der Waals surface area contributed by atoms with Gasteiger partial charge in [0, 0.05) is 26.2 Å². The average Bonchev–Trinajstić information content (AvgIpc) is 2.70. The van der Waals surface area contributed by atoms with Crippen LogP contribution in [0.1, 0.15) is 33.9 Å². The third-order valence-corrected chi connectivity index (χ3v) is 5.46. The second-order valence-corrected chi connectivity index (χ2v) is 6.74. The molecular weight excluding hydrogens is 331 g/mol. The smallest absolute Gasteiger partial charge is 0.136 e. The largest absolute Gasteiger partial charge is 0.484 e. The van der Waals surface area contributed by atoms with Crippen molar-refractivity contribution in [3.63, 3.8) is 0 Å². The molecule has 2 nitrogen and oxygen atoms in total. The summed E-state index contributed by atoms with van der Waals surface area (Å²) in [7, 11) is 0. The van der Waals surface area contributed by atoms with Crippen LogP contribution in [0.25, 0.3) is 0 Å². The monoisotopic (exact) mass is 342 g/mol. The average molecular weight is 343 g/mol. The lowest BCUT2D eigenvalue weighted by atomic mass is 9.98. The van der Waals surface area contributed by atoms with Crippen LogP contribution in [0.15, 0.2) is 28.7 Å². The molecule has 0 spiro atoms. The molecule has 5 heteroatoms. The summed E-state index contributed by atoms with van der Waals surface area (Å²) in [6.45, 7) is 2.03. The van der Waals surface area contributed by atoms with E-state index in [1.165, 1.54) is 17.0 Å². The fourth-order valence-electron chi connectivity index (χ4n) is 2.23. The van der Waals surface area contributed by atoms with Gasteiger partial charge in [0.05, 0.1) is 6.10 Å². The van der Waals surface area contributed by atoms with Gasteiger partial charge in [-0.25, -0.2) is 4.39 Å². The zero-order valence-electron chi connectivity index (χ0n) is 10.2. The fraction of sp³-hybridized carbons (Fsp3) is 0.286. The van der Waals surface area contributed by atoms with E-state index in [2.05, 4.69) is 15.9 Å². The molecule has 1 aromatic carbocycles. The number of benzene rings is 1. The number of aliphatic hydroxyl groups excluding tert-OH is 1. The molecule has 1 N–H and O–H groups in total. The zero-order valence-corrected chi connectivity index (χ0v) is 12.6. The highest BCUT2D eigenvalue weighted by atomic mass is 79.9. The topological polar surface area (TPSA) is 29.5 Å². The second kappa shape index (κ2) is 4.89. The standard InChI is InChI=1S/C14H12BrFO2S/c1-7-10(15)5-14(19-7)13-6-11(17)9-4-8(16)2-3-12(9)18-13/h2-5,11,13,17H,6H2,1H3/t11-,13?/m0/s1. The zero-order chi connectivity index (χ0) is 13.6. The summed E-state index contributed by atoms with van der Waals surface area (Å²) in [5, 5.41) is 10.1. The van der Waals surface area contributed by atoms with E-state index >= 15 is 0 Å². The van der Waals surface area contributed by atoms with Gasteiger partial charge in [0.25, 0.3) is 0 Å². The van der Waals surface area contributed by atoms with E-state index in [9.17, 15) is 9.50 Å². The van der Waals surface area contributed by atoms with Crippen molar-refractivity contribution in [3.05, 3.63) is 49.9 Å². The van der Waals surface area contributed by atoms with Crippen molar-refractivity contribution in [1.29, 1.82) is 0 Å². The van der Waals surface area contributed by atoms with Gasteiger partial charge in [0.1, 0.15) is 17.7 Å². The first kappa shape index (κ1) is 13.1. The van der Waals surface area contributed by atoms with Crippen LogP contribution in [-0.2, 0) is 0 Å². The van der Waals surface area contributed by atoms with Crippen LogP contribution in [0, 0.1) is 12.7 Å². The van der Waals surface area contributed by atoms with Gasteiger partial charge in [-0.2, -0.15) is 0 Å². The van der Waals surface area contributed by atoms with Crippen LogP contribution in [0.4, 0.5) is 4.39 Å². The molecular formula is C14H12BrFO2S. The van der Waals surface area contributed by atoms with Crippen LogP contribution in [0.3, 0.4) is 0 Å². The Morgan fingerprint density at radius 2 is 2.21 bits per heavy atom. The van der Waals surface area contributed by atoms with Crippen molar-refractivity contribution in [1.82, 2.24) is 0 Å². The van der Waals surface area contributed by atoms with Gasteiger partial charge in [-0.05, 0) is 47.1 Å². The third-order valence-electron chi connectivity index (χ3n) is 3.23. The molecule has 100 valence electrons. The summed E-state index contributed by atoms with van der Waals surface area (Å²) in [5.41, 5.74) is 0.531. The van der Waals surface area contributed by atoms with Crippen LogP contribution in [-0.4, -0.2) is 5.11 Å². The predicted octanol–water partition coefficient (Wildman–Crippen LogP) is 4.52. The van der Waals surface area contributed by atoms with E-state index in [-0.39, 0.29) is 11.9 Å². The Morgan fingerprint density at radius 1 is 1.42 bits per heavy atom. The molecule has 0 fully saturated rings. The molecule has 0 saturated heterocycles. The number of aryl methyl sites for hydroxylation is 1. The lowest BCUT2D eigenvalue weighted by molar-refractivity contribution is 0.0670. The minimum absolute atomic E-state index is 0.178. The number of aliphatic hydroxyl groups is 1. The lowest BCUT2D eigenvalue weighted by Crippen LogP contribution is -2.18. The normalized spacial score (nSPS) is 21.9. The Labute approximate surface area is 123 Å². The first-order valence-electron chi connectivity index (χ1n) is 5.94. The molecule has 1 aliphatic rings. The molecule has 2 heterocycles. The van der Waals surface area contributed by atoms with Gasteiger partial charge in [0.15, 0.2) is 0 Å². The van der Waals surface area contributed by atoms with Gasteiger partial charge in [-0.15, -0.1) is 11.3 Å². The molecule has 3 rings (SSSR count). The van der Waals surface area contributed by atoms with E-state index in [1.54, 1.807) is 17.4 Å². The third kappa shape index (κ3) is 2.42. The maximum atomic E-state index is 13.2. The maximum absolute atomic E-state index is 13.2. The maximum Gasteiger partial charge on any atom is 0.136 e. The van der Waals surface area contributed by atoms with E-state index in [0.717, 1.165) is 9.35 Å². The van der Waals surface area contributed by atoms with E-state index in [1.807, 2.05) is 13.0 Å². The van der Waals surface area contributed by atoms with Gasteiger partial charge < -0.3 is 9.84 Å². The van der Waals surface area contributed by atoms with Gasteiger partial charge >= 0.3 is 0 Å². The first-order valence-corrected chi connectivity index (χ1v) is 7.55. The van der Waals surface area contributed by atoms with Crippen molar-refractivity contribution < 1.29 is 14.2 Å². The summed E-state index contributed by atoms with van der Waals surface area (Å²) < 4.78 is 20.1. The minimum Gasteiger partial charge on any atom is -0.484 e. The van der Waals surface area contributed by atoms with Crippen LogP contribution < -0.4 is 4.74 Å². The summed E-state index contributed by atoms with van der Waals surface area (Å²) in [6, 6.07) is 6.29. The van der Waals surface area contributed by atoms with E-state index < -0.39 is 6.10 Å². The van der Waals surface area contributed by atoms with E-state index in [0.29, 0.717) is 17.7 Å². The quantitative estimate of drug-likeness (QED) is 0.825. The van der Waals surface area contributed by atoms with E-state index in [4.69, 9.17) is 4.74 Å². The molecule has 1 unspecified atom stereocenters. The van der Waals surface area contributed by atoms with Crippen molar-refractivity contribution in [2.24, 2.45) is 0 Å². The highest BCUT2D eigenvalue weighted by Gasteiger charge is 2.29. The Hall–Kier alpha value is -0.910. The summed E-state index contributed by atoms with van der Waals surface area (Å²) in [5.74, 6) is 0.210. The molecule has 1 aromatic heterocycles. The van der Waals surface area contributed by atoms with Gasteiger partial charge in [-0.3, -0.25) is 0 Å². The van der Waals surface area contributed by atoms with Crippen LogP contribution in [0.2, 0.25) is 0 Å². The molecule has 0 saturated carbocycles. The van der Waals surface area contributed by atoms with Crippen molar-refractivity contribution in [3.8, 4) is 5.75 Å². The highest BCUT2D eigenvalue weighted by Crippen LogP contribution is 2.43. The first-order chi connectivity index (χ1) is 9.04. The summed E-state index contributed by atoms with van der Waals surface area (Å²) in [4.78, 5) is 2.25. The molecule has 0 amide bonds. The molecule has 19 heavy (non-hydrogen) atoms. The fourth-order valence-corrected chi connectivity index (χ4v) is 3.84. The summed E-state index contributed by atoms with van der Waals surface area (Å²) in [6.07, 6.45) is -0.420. The molecule has 0 radical (unpaired) electrons. The number of thiophene rings is 1. The molecule has 0 aliphatic carbocycles. The lowest BCUT2D eigenvalue weighted by Gasteiger charge is -2.29. The molecule has 2 aromatic rings. The number of halogens is 2. The number of hydrogen-bond acceptors (Lipinski definition) is 3. The molecule has 2 atom stereocenters. The van der Waals surface area contributed by atoms with Gasteiger partial charge in [-0.1, -0.05) is 0 Å². The SMILES string of the molecule is Cc1sc(C2C[C@H](O)c3cc(F)ccc3O2)cc1Br. The minimum atomic E-state index is -0.689. The van der Waals surface area contributed by atoms with Gasteiger partial charge in [0.2, 0.25) is 0 Å². The van der Waals surface area contributed by atoms with Crippen LogP contribution >= 0.6 is 27.3 Å². The van der Waals surface area contributed by atoms with Crippen molar-refractivity contribution in [2.45, 2.75) is 25.6 Å². The molecule has 0 bridgehead atoms. The second-order valence-electron chi connectivity index (χ2n) is 4.59. The Morgan fingerprint density at radius 3 is 2.89 bits per heavy atom. The highest BCUT2D eigenvalue weighted by molar-refractivity contribution is 9.10. The number of rotatable bonds is 1. The predicted molar refractivity (Wildman–Crippen MR) is 76.1 cm³/mol. The number of hydrogen-bond donors (Lipinski definition) is 1.